The largest absolute Gasteiger partial charge is 0.453 e. The fourth-order valence-electron chi connectivity index (χ4n) is 11.0. The first-order valence-corrected chi connectivity index (χ1v) is 34.6. The number of alkyl halides is 9. The van der Waals surface area contributed by atoms with Crippen molar-refractivity contribution < 1.29 is 68.3 Å². The molecule has 12 aromatic rings. The van der Waals surface area contributed by atoms with Crippen LogP contribution < -0.4 is 32.3 Å². The second-order valence-electron chi connectivity index (χ2n) is 25.2. The number of carbonyl (C=O) groups excluding carboxylic acids is 6. The number of rotatable bonds is 20. The van der Waals surface area contributed by atoms with Crippen molar-refractivity contribution in [3.05, 3.63) is 244 Å². The number of halogens is 12. The summed E-state index contributed by atoms with van der Waals surface area (Å²) < 4.78 is 124. The predicted octanol–water partition coefficient (Wildman–Crippen LogP) is 11.4. The number of nitrogens with zero attached hydrogens (tertiary/aromatic N) is 24. The Bertz CT molecular complexity index is 5790. The van der Waals surface area contributed by atoms with Crippen LogP contribution in [-0.4, -0.2) is 152 Å². The molecule has 36 nitrogen and oxygen atoms in total. The molecule has 1 aliphatic rings. The third-order valence-corrected chi connectivity index (χ3v) is 17.1. The van der Waals surface area contributed by atoms with E-state index in [-0.39, 0.29) is 130 Å². The van der Waals surface area contributed by atoms with Gasteiger partial charge in [-0.2, -0.15) is 54.8 Å². The fraction of sp³-hybridized carbons (Fsp3) is 0.217. The molecule has 48 heteroatoms. The van der Waals surface area contributed by atoms with Gasteiger partial charge >= 0.3 is 18.5 Å². The Morgan fingerprint density at radius 2 is 0.786 bits per heavy atom. The third kappa shape index (κ3) is 19.4. The monoisotopic (exact) mass is 1670 g/mol. The molecule has 0 radical (unpaired) electrons. The molecule has 0 bridgehead atoms. The molecule has 9 heterocycles. The molecule has 1 saturated carbocycles. The molecule has 598 valence electrons. The highest BCUT2D eigenvalue weighted by atomic mass is 35.5. The van der Waals surface area contributed by atoms with Crippen LogP contribution in [0.15, 0.2) is 110 Å². The number of anilines is 3. The van der Waals surface area contributed by atoms with E-state index >= 15 is 0 Å². The minimum absolute atomic E-state index is 0.00329. The van der Waals surface area contributed by atoms with Crippen molar-refractivity contribution in [3.8, 4) is 17.5 Å². The van der Waals surface area contributed by atoms with Crippen LogP contribution >= 0.6 is 34.8 Å². The van der Waals surface area contributed by atoms with Gasteiger partial charge in [0.25, 0.3) is 47.0 Å². The van der Waals surface area contributed by atoms with Crippen LogP contribution in [-0.2, 0) is 38.2 Å². The minimum Gasteiger partial charge on any atom is -0.366 e. The second kappa shape index (κ2) is 34.4. The number of tetrazole rings is 3. The van der Waals surface area contributed by atoms with Crippen molar-refractivity contribution in [1.29, 1.82) is 0 Å². The Morgan fingerprint density at radius 1 is 0.479 bits per heavy atom. The Labute approximate surface area is 666 Å². The number of hydrogen-bond acceptors (Lipinski definition) is 21. The normalized spacial score (nSPS) is 11.9. The summed E-state index contributed by atoms with van der Waals surface area (Å²) >= 11 is 18.8. The summed E-state index contributed by atoms with van der Waals surface area (Å²) in [6, 6.07) is 21.0. The number of aryl methyl sites for hydroxylation is 3. The number of pyridine rings is 3. The van der Waals surface area contributed by atoms with E-state index in [9.17, 15) is 68.3 Å². The molecule has 9 aromatic heterocycles. The molecule has 1 aliphatic carbocycles. The van der Waals surface area contributed by atoms with Crippen molar-refractivity contribution in [1.82, 2.24) is 116 Å². The van der Waals surface area contributed by atoms with E-state index < -0.39 is 91.1 Å². The van der Waals surface area contributed by atoms with E-state index in [1.165, 1.54) is 97.5 Å². The number of carbonyl (C=O) groups is 6. The zero-order valence-corrected chi connectivity index (χ0v) is 62.6. The average molecular weight is 1670 g/mol. The number of benzene rings is 3. The lowest BCUT2D eigenvalue weighted by Gasteiger charge is -2.16. The van der Waals surface area contributed by atoms with Gasteiger partial charge in [-0.3, -0.25) is 28.8 Å². The molecule has 0 aliphatic heterocycles. The van der Waals surface area contributed by atoms with Crippen LogP contribution in [0.5, 0.6) is 0 Å². The highest BCUT2D eigenvalue weighted by Gasteiger charge is 2.41. The van der Waals surface area contributed by atoms with Gasteiger partial charge < -0.3 is 32.3 Å². The summed E-state index contributed by atoms with van der Waals surface area (Å²) in [5, 5.41) is 54.9. The number of amides is 6. The maximum atomic E-state index is 13.6. The van der Waals surface area contributed by atoms with Crippen LogP contribution in [0.4, 0.5) is 73.6 Å². The molecule has 117 heavy (non-hydrogen) atoms. The molecule has 6 amide bonds. The lowest BCUT2D eigenvalue weighted by atomic mass is 10.0. The fourth-order valence-corrected chi connectivity index (χ4v) is 11.6. The average Bonchev–Trinajstić information content (AvgIpc) is 1.71. The first-order valence-electron chi connectivity index (χ1n) is 33.4. The van der Waals surface area contributed by atoms with Crippen molar-refractivity contribution >= 4 is 104 Å². The standard InChI is InChI=1S/C24H18ClF3N10O2.C24H20ClF3N10O2.C21H14ClF3N10O2/c1-12-8-14(29-2)9-16(21(39)31-13-5-6-13)19(12)32-22(40)18-10-15(11-37-23(24(26,27)28)33-35-36-37)34-38(18)20-17(25)4-3-7-30-20;1-12(2)31-21(39)16-9-14(29-4)8-13(3)19(16)32-22(40)18-10-15(11-37-23(24(26,27)28)33-35-36-37)34-38(18)20-17(25)6-5-7-30-20;1-10-6-11(27-2)7-13(17(26)36)16(10)29-19(37)15-8-12(9-34-20(21(23,24)25)30-32-33-34)31-35(15)18-14(22)4-3-5-28-18/h3-4,7-10,13H,5-6,11H2,1H3,(H,31,39)(H,32,40);5-10,12H,11H2,1-3H3,(H,31,39)(H,32,40);3-8H,9H2,1H3,(H2,26,36)(H,29,37). The summed E-state index contributed by atoms with van der Waals surface area (Å²) in [5.74, 6) is -8.14. The van der Waals surface area contributed by atoms with Crippen molar-refractivity contribution in [2.45, 2.75) is 97.7 Å². The molecule has 7 N–H and O–H groups in total. The molecule has 0 unspecified atom stereocenters. The number of nitrogens with two attached hydrogens (primary N) is 1. The SMILES string of the molecule is [C-]#[N+]c1cc(C)c(NC(=O)c2cc(Cn3nnnc3C(F)(F)F)nn2-c2ncccc2Cl)c(C(=O)NC(C)C)c1.[C-]#[N+]c1cc(C)c(NC(=O)c2cc(Cn3nnnc3C(F)(F)F)nn2-c2ncccc2Cl)c(C(=O)NC2CC2)c1.[C-]#[N+]c1cc(C)c(NC(=O)c2cc(Cn3nnnc3C(F)(F)F)nn2-c2ncccc2Cl)c(C(N)=O)c1. The molecular weight excluding hydrogens is 1620 g/mol. The van der Waals surface area contributed by atoms with E-state index in [1.807, 2.05) is 0 Å². The van der Waals surface area contributed by atoms with Crippen LogP contribution in [0.1, 0.15) is 140 Å². The number of nitrogens with one attached hydrogen (secondary N) is 5. The maximum Gasteiger partial charge on any atom is 0.453 e. The van der Waals surface area contributed by atoms with Gasteiger partial charge in [0.1, 0.15) is 17.1 Å². The zero-order chi connectivity index (χ0) is 84.7. The van der Waals surface area contributed by atoms with E-state index in [1.54, 1.807) is 46.8 Å². The van der Waals surface area contributed by atoms with Crippen LogP contribution in [0.3, 0.4) is 0 Å². The second-order valence-corrected chi connectivity index (χ2v) is 26.4. The molecular formula is C69H52Cl3F9N30O6. The van der Waals surface area contributed by atoms with Gasteiger partial charge in [0, 0.05) is 30.7 Å². The van der Waals surface area contributed by atoms with Gasteiger partial charge in [-0.05, 0) is 168 Å². The lowest BCUT2D eigenvalue weighted by Crippen LogP contribution is -2.31. The minimum atomic E-state index is -4.82. The summed E-state index contributed by atoms with van der Waals surface area (Å²) in [4.78, 5) is 101. The van der Waals surface area contributed by atoms with Crippen LogP contribution in [0.2, 0.25) is 15.1 Å². The Kier molecular flexibility index (Phi) is 24.6. The predicted molar refractivity (Wildman–Crippen MR) is 393 cm³/mol. The van der Waals surface area contributed by atoms with E-state index in [0.29, 0.717) is 30.7 Å². The topological polar surface area (TPSA) is 425 Å². The molecule has 1 fully saturated rings. The number of hydrogen-bond donors (Lipinski definition) is 6. The highest BCUT2D eigenvalue weighted by molar-refractivity contribution is 6.33. The van der Waals surface area contributed by atoms with Gasteiger partial charge in [-0.1, -0.05) is 53.0 Å². The summed E-state index contributed by atoms with van der Waals surface area (Å²) in [7, 11) is 0. The first-order chi connectivity index (χ1) is 55.4. The summed E-state index contributed by atoms with van der Waals surface area (Å²) in [5.41, 5.74) is 7.12. The Morgan fingerprint density at radius 3 is 1.07 bits per heavy atom. The quantitative estimate of drug-likeness (QED) is 0.0305. The van der Waals surface area contributed by atoms with Crippen molar-refractivity contribution in [2.24, 2.45) is 5.73 Å². The first kappa shape index (κ1) is 83.4. The zero-order valence-electron chi connectivity index (χ0n) is 60.4. The maximum absolute atomic E-state index is 13.6. The molecule has 0 saturated heterocycles. The smallest absolute Gasteiger partial charge is 0.366 e. The Balaban J connectivity index is 0.000000172. The number of aromatic nitrogens is 21. The summed E-state index contributed by atoms with van der Waals surface area (Å²) in [6.07, 6.45) is -8.61. The molecule has 13 rings (SSSR count). The number of primary amides is 1. The summed E-state index contributed by atoms with van der Waals surface area (Å²) in [6.45, 7) is 28.6. The van der Waals surface area contributed by atoms with Crippen molar-refractivity contribution in [3.63, 3.8) is 0 Å². The lowest BCUT2D eigenvalue weighted by molar-refractivity contribution is -0.148. The molecule has 0 spiro atoms. The van der Waals surface area contributed by atoms with Gasteiger partial charge in [0.15, 0.2) is 34.5 Å². The Hall–Kier alpha value is -14.5. The molecule has 3 aromatic carbocycles. The van der Waals surface area contributed by atoms with E-state index in [2.05, 4.69) is 118 Å². The van der Waals surface area contributed by atoms with Gasteiger partial charge in [-0.25, -0.2) is 57.6 Å². The van der Waals surface area contributed by atoms with Gasteiger partial charge in [0.2, 0.25) is 5.91 Å². The van der Waals surface area contributed by atoms with Gasteiger partial charge in [-0.15, -0.1) is 15.3 Å². The van der Waals surface area contributed by atoms with Gasteiger partial charge in [0.05, 0.1) is 105 Å². The molecule has 0 atom stereocenters. The third-order valence-electron chi connectivity index (χ3n) is 16.2. The van der Waals surface area contributed by atoms with E-state index in [4.69, 9.17) is 60.3 Å². The van der Waals surface area contributed by atoms with Crippen LogP contribution in [0.25, 0.3) is 32.0 Å². The van der Waals surface area contributed by atoms with Crippen LogP contribution in [0, 0.1) is 40.5 Å². The van der Waals surface area contributed by atoms with Crippen molar-refractivity contribution in [2.75, 3.05) is 16.0 Å². The highest BCUT2D eigenvalue weighted by Crippen LogP contribution is 2.36. The van der Waals surface area contributed by atoms with E-state index in [0.717, 1.165) is 26.9 Å².